The standard InChI is InChI=1S/C23H18F4O3/c1-13-9-20(30-12-21(28)29)23(27)18(22(13)26)7-5-16-10-15(6-8-19(16)25)14-3-2-4-17(24)11-14/h2-4,6,8-11H,5,7,12H2,1H3,(H,28,29). The molecule has 7 heteroatoms. The molecule has 0 unspecified atom stereocenters. The number of ether oxygens (including phenoxy) is 1. The monoisotopic (exact) mass is 418 g/mol. The highest BCUT2D eigenvalue weighted by Gasteiger charge is 2.19. The zero-order chi connectivity index (χ0) is 21.8. The lowest BCUT2D eigenvalue weighted by Gasteiger charge is -2.13. The second kappa shape index (κ2) is 8.98. The van der Waals surface area contributed by atoms with Crippen LogP contribution in [0.25, 0.3) is 11.1 Å². The van der Waals surface area contributed by atoms with Crippen LogP contribution in [0.5, 0.6) is 5.75 Å². The van der Waals surface area contributed by atoms with Gasteiger partial charge in [-0.1, -0.05) is 18.2 Å². The summed E-state index contributed by atoms with van der Waals surface area (Å²) in [5.74, 6) is -4.46. The lowest BCUT2D eigenvalue weighted by Crippen LogP contribution is -2.12. The van der Waals surface area contributed by atoms with Gasteiger partial charge < -0.3 is 9.84 Å². The zero-order valence-corrected chi connectivity index (χ0v) is 16.0. The quantitative estimate of drug-likeness (QED) is 0.518. The maximum Gasteiger partial charge on any atom is 0.341 e. The van der Waals surface area contributed by atoms with Crippen LogP contribution in [0.1, 0.15) is 16.7 Å². The predicted octanol–water partition coefficient (Wildman–Crippen LogP) is 5.47. The van der Waals surface area contributed by atoms with E-state index in [0.29, 0.717) is 11.1 Å². The van der Waals surface area contributed by atoms with Gasteiger partial charge in [-0.05, 0) is 72.4 Å². The van der Waals surface area contributed by atoms with Gasteiger partial charge in [-0.25, -0.2) is 22.4 Å². The van der Waals surface area contributed by atoms with Crippen molar-refractivity contribution in [2.24, 2.45) is 0 Å². The van der Waals surface area contributed by atoms with E-state index < -0.39 is 35.8 Å². The molecule has 0 aliphatic heterocycles. The minimum atomic E-state index is -1.30. The number of carboxylic acids is 1. The number of halogens is 4. The summed E-state index contributed by atoms with van der Waals surface area (Å²) in [6.45, 7) is 0.628. The van der Waals surface area contributed by atoms with Gasteiger partial charge in [0, 0.05) is 5.56 Å². The Morgan fingerprint density at radius 1 is 0.933 bits per heavy atom. The van der Waals surface area contributed by atoms with E-state index in [4.69, 9.17) is 9.84 Å². The lowest BCUT2D eigenvalue weighted by molar-refractivity contribution is -0.139. The summed E-state index contributed by atoms with van der Waals surface area (Å²) in [6, 6.07) is 11.1. The number of hydrogen-bond donors (Lipinski definition) is 1. The Labute approximate surface area is 170 Å². The number of carbonyl (C=O) groups is 1. The van der Waals surface area contributed by atoms with E-state index in [9.17, 15) is 22.4 Å². The molecule has 0 aromatic heterocycles. The van der Waals surface area contributed by atoms with Crippen LogP contribution in [0.3, 0.4) is 0 Å². The average Bonchev–Trinajstić information content (AvgIpc) is 2.70. The van der Waals surface area contributed by atoms with Gasteiger partial charge in [0.25, 0.3) is 0 Å². The zero-order valence-electron chi connectivity index (χ0n) is 16.0. The van der Waals surface area contributed by atoms with Crippen LogP contribution in [-0.4, -0.2) is 17.7 Å². The third-order valence-corrected chi connectivity index (χ3v) is 4.64. The number of hydrogen-bond acceptors (Lipinski definition) is 2. The van der Waals surface area contributed by atoms with Gasteiger partial charge in [0.05, 0.1) is 0 Å². The highest BCUT2D eigenvalue weighted by Crippen LogP contribution is 2.29. The van der Waals surface area contributed by atoms with Gasteiger partial charge in [0.15, 0.2) is 18.2 Å². The number of rotatable bonds is 7. The largest absolute Gasteiger partial charge is 0.479 e. The van der Waals surface area contributed by atoms with Crippen molar-refractivity contribution in [2.45, 2.75) is 19.8 Å². The van der Waals surface area contributed by atoms with Crippen molar-refractivity contribution in [2.75, 3.05) is 6.61 Å². The summed E-state index contributed by atoms with van der Waals surface area (Å²) >= 11 is 0. The molecule has 0 atom stereocenters. The van der Waals surface area contributed by atoms with Crippen molar-refractivity contribution in [3.8, 4) is 16.9 Å². The van der Waals surface area contributed by atoms with E-state index in [2.05, 4.69) is 0 Å². The molecule has 3 rings (SSSR count). The molecule has 0 heterocycles. The summed E-state index contributed by atoms with van der Waals surface area (Å²) in [7, 11) is 0. The van der Waals surface area contributed by atoms with Crippen LogP contribution >= 0.6 is 0 Å². The highest BCUT2D eigenvalue weighted by atomic mass is 19.1. The summed E-state index contributed by atoms with van der Waals surface area (Å²) < 4.78 is 61.8. The van der Waals surface area contributed by atoms with Gasteiger partial charge in [0.1, 0.15) is 17.5 Å². The van der Waals surface area contributed by atoms with Crippen LogP contribution in [0.15, 0.2) is 48.5 Å². The van der Waals surface area contributed by atoms with Gasteiger partial charge in [-0.3, -0.25) is 0 Å². The van der Waals surface area contributed by atoms with E-state index in [1.807, 2.05) is 0 Å². The predicted molar refractivity (Wildman–Crippen MR) is 103 cm³/mol. The Morgan fingerprint density at radius 3 is 2.37 bits per heavy atom. The number of aryl methyl sites for hydroxylation is 2. The molecule has 30 heavy (non-hydrogen) atoms. The molecule has 0 saturated carbocycles. The van der Waals surface area contributed by atoms with Crippen LogP contribution in [0, 0.1) is 30.2 Å². The molecule has 0 amide bonds. The molecule has 0 aliphatic carbocycles. The third-order valence-electron chi connectivity index (χ3n) is 4.64. The van der Waals surface area contributed by atoms with Crippen LogP contribution in [0.2, 0.25) is 0 Å². The van der Waals surface area contributed by atoms with Crippen LogP contribution < -0.4 is 4.74 Å². The Balaban J connectivity index is 1.88. The summed E-state index contributed by atoms with van der Waals surface area (Å²) in [5.41, 5.74) is 1.10. The normalized spacial score (nSPS) is 10.8. The molecular weight excluding hydrogens is 400 g/mol. The Kier molecular flexibility index (Phi) is 6.40. The molecule has 156 valence electrons. The van der Waals surface area contributed by atoms with Gasteiger partial charge in [0.2, 0.25) is 0 Å². The second-order valence-corrected chi connectivity index (χ2v) is 6.80. The summed E-state index contributed by atoms with van der Waals surface area (Å²) in [5, 5.41) is 8.69. The SMILES string of the molecule is Cc1cc(OCC(=O)O)c(F)c(CCc2cc(-c3cccc(F)c3)ccc2F)c1F. The molecule has 0 bridgehead atoms. The first-order chi connectivity index (χ1) is 14.3. The van der Waals surface area contributed by atoms with E-state index in [1.165, 1.54) is 43.3 Å². The smallest absolute Gasteiger partial charge is 0.341 e. The van der Waals surface area contributed by atoms with Gasteiger partial charge in [-0.15, -0.1) is 0 Å². The fourth-order valence-electron chi connectivity index (χ4n) is 3.14. The molecule has 0 saturated heterocycles. The maximum absolute atomic E-state index is 14.7. The minimum Gasteiger partial charge on any atom is -0.479 e. The summed E-state index contributed by atoms with van der Waals surface area (Å²) in [6.07, 6.45) is -0.197. The molecule has 0 radical (unpaired) electrons. The van der Waals surface area contributed by atoms with Crippen molar-refractivity contribution >= 4 is 5.97 Å². The third kappa shape index (κ3) is 4.79. The fourth-order valence-corrected chi connectivity index (χ4v) is 3.14. The van der Waals surface area contributed by atoms with E-state index in [0.717, 1.165) is 6.07 Å². The molecule has 1 N–H and O–H groups in total. The molecule has 0 aliphatic rings. The molecular formula is C23H18F4O3. The number of aliphatic carboxylic acids is 1. The van der Waals surface area contributed by atoms with Crippen molar-refractivity contribution in [1.82, 2.24) is 0 Å². The molecule has 0 fully saturated rings. The van der Waals surface area contributed by atoms with Gasteiger partial charge >= 0.3 is 5.97 Å². The first-order valence-electron chi connectivity index (χ1n) is 9.12. The first-order valence-corrected chi connectivity index (χ1v) is 9.12. The van der Waals surface area contributed by atoms with E-state index >= 15 is 0 Å². The topological polar surface area (TPSA) is 46.5 Å². The van der Waals surface area contributed by atoms with Crippen LogP contribution in [0.4, 0.5) is 17.6 Å². The van der Waals surface area contributed by atoms with E-state index in [-0.39, 0.29) is 35.3 Å². The Bertz CT molecular complexity index is 1100. The fraction of sp³-hybridized carbons (Fsp3) is 0.174. The number of benzene rings is 3. The van der Waals surface area contributed by atoms with Crippen molar-refractivity contribution in [3.63, 3.8) is 0 Å². The Hall–Kier alpha value is -3.35. The summed E-state index contributed by atoms with van der Waals surface area (Å²) in [4.78, 5) is 10.7. The van der Waals surface area contributed by atoms with Gasteiger partial charge in [-0.2, -0.15) is 0 Å². The maximum atomic E-state index is 14.7. The molecule has 3 nitrogen and oxygen atoms in total. The highest BCUT2D eigenvalue weighted by molar-refractivity contribution is 5.68. The van der Waals surface area contributed by atoms with Crippen molar-refractivity contribution in [1.29, 1.82) is 0 Å². The van der Waals surface area contributed by atoms with E-state index in [1.54, 1.807) is 6.07 Å². The number of carboxylic acid groups (broad SMARTS) is 1. The van der Waals surface area contributed by atoms with Crippen molar-refractivity contribution < 1.29 is 32.2 Å². The first kappa shape index (κ1) is 21.4. The minimum absolute atomic E-state index is 0.0232. The lowest BCUT2D eigenvalue weighted by atomic mass is 9.97. The Morgan fingerprint density at radius 2 is 1.67 bits per heavy atom. The van der Waals surface area contributed by atoms with Crippen LogP contribution in [-0.2, 0) is 17.6 Å². The molecule has 3 aromatic carbocycles. The van der Waals surface area contributed by atoms with Crippen molar-refractivity contribution in [3.05, 3.63) is 88.5 Å². The second-order valence-electron chi connectivity index (χ2n) is 6.80. The molecule has 3 aromatic rings. The molecule has 0 spiro atoms. The average molecular weight is 418 g/mol.